The number of hydrogen-bond acceptors (Lipinski definition) is 10. The van der Waals surface area contributed by atoms with Gasteiger partial charge in [-0.3, -0.25) is 19.4 Å². The van der Waals surface area contributed by atoms with E-state index in [0.717, 1.165) is 24.3 Å². The molecule has 2 fully saturated rings. The van der Waals surface area contributed by atoms with E-state index in [9.17, 15) is 18.0 Å². The van der Waals surface area contributed by atoms with Crippen molar-refractivity contribution in [2.75, 3.05) is 77.0 Å². The number of aromatic nitrogens is 4. The first-order valence-corrected chi connectivity index (χ1v) is 16.0. The second-order valence-electron chi connectivity index (χ2n) is 11.3. The average molecular weight is 609 g/mol. The second-order valence-corrected chi connectivity index (χ2v) is 13.1. The van der Waals surface area contributed by atoms with E-state index in [-0.39, 0.29) is 28.1 Å². The van der Waals surface area contributed by atoms with Gasteiger partial charge in [0.05, 0.1) is 29.0 Å². The van der Waals surface area contributed by atoms with Crippen LogP contribution in [0.4, 0.5) is 5.69 Å². The molecule has 0 bridgehead atoms. The number of fused-ring (bicyclic) bond motifs is 3. The predicted molar refractivity (Wildman–Crippen MR) is 161 cm³/mol. The van der Waals surface area contributed by atoms with E-state index in [4.69, 9.17) is 5.11 Å². The van der Waals surface area contributed by atoms with Gasteiger partial charge in [0, 0.05) is 64.6 Å². The molecule has 0 unspecified atom stereocenters. The summed E-state index contributed by atoms with van der Waals surface area (Å²) in [7, 11) is -4.04. The molecule has 0 atom stereocenters. The summed E-state index contributed by atoms with van der Waals surface area (Å²) in [5, 5.41) is 16.1. The Morgan fingerprint density at radius 1 is 0.953 bits per heavy atom. The first-order chi connectivity index (χ1) is 20.7. The van der Waals surface area contributed by atoms with Crippen LogP contribution in [0.1, 0.15) is 11.1 Å². The molecule has 13 nitrogen and oxygen atoms in total. The van der Waals surface area contributed by atoms with Gasteiger partial charge >= 0.3 is 0 Å². The highest BCUT2D eigenvalue weighted by Crippen LogP contribution is 2.27. The van der Waals surface area contributed by atoms with Crippen LogP contribution in [0.3, 0.4) is 0 Å². The van der Waals surface area contributed by atoms with Crippen LogP contribution in [0.5, 0.6) is 0 Å². The molecule has 2 aliphatic rings. The molecule has 2 aromatic heterocycles. The van der Waals surface area contributed by atoms with Crippen molar-refractivity contribution in [3.8, 4) is 0 Å². The third-order valence-electron chi connectivity index (χ3n) is 8.43. The number of rotatable bonds is 7. The number of β-amino-alcohol motifs (C(OH)–C–C–N with tert-alkyl or cyclic N) is 1. The Morgan fingerprint density at radius 2 is 1.67 bits per heavy atom. The molecule has 43 heavy (non-hydrogen) atoms. The van der Waals surface area contributed by atoms with E-state index in [1.807, 2.05) is 24.0 Å². The minimum atomic E-state index is -4.04. The minimum absolute atomic E-state index is 0.0462. The average Bonchev–Trinajstić information content (AvgIpc) is 3.43. The largest absolute Gasteiger partial charge is 0.395 e. The minimum Gasteiger partial charge on any atom is -0.395 e. The van der Waals surface area contributed by atoms with Gasteiger partial charge in [0.15, 0.2) is 5.65 Å². The zero-order chi connectivity index (χ0) is 30.3. The molecule has 4 aromatic rings. The number of nitrogens with one attached hydrogen (secondary N) is 1. The van der Waals surface area contributed by atoms with Gasteiger partial charge in [-0.2, -0.15) is 4.98 Å². The SMILES string of the molecule is Cc1ccc(S(=O)(=O)c2n[nH]n3c2nc(=O)c2ccc(N4CCN(CC(=O)N5CCN(CCO)CC5)CC4)cc23)c(C)c1. The number of benzene rings is 2. The van der Waals surface area contributed by atoms with Gasteiger partial charge in [-0.15, -0.1) is 5.10 Å². The fourth-order valence-electron chi connectivity index (χ4n) is 6.00. The molecule has 1 amide bonds. The van der Waals surface area contributed by atoms with E-state index < -0.39 is 15.4 Å². The van der Waals surface area contributed by atoms with Crippen molar-refractivity contribution >= 4 is 38.0 Å². The number of nitrogens with zero attached hydrogens (tertiary/aromatic N) is 7. The number of H-pyrrole nitrogens is 1. The maximum atomic E-state index is 13.6. The van der Waals surface area contributed by atoms with Crippen molar-refractivity contribution in [1.29, 1.82) is 0 Å². The van der Waals surface area contributed by atoms with Crippen molar-refractivity contribution in [3.05, 3.63) is 57.9 Å². The number of amides is 1. The van der Waals surface area contributed by atoms with Gasteiger partial charge in [-0.05, 0) is 43.7 Å². The number of carbonyl (C=O) groups is 1. The number of aliphatic hydroxyl groups excluding tert-OH is 1. The number of hydrogen-bond donors (Lipinski definition) is 2. The van der Waals surface area contributed by atoms with Crippen molar-refractivity contribution in [2.24, 2.45) is 0 Å². The molecule has 0 radical (unpaired) electrons. The van der Waals surface area contributed by atoms with Gasteiger partial charge < -0.3 is 14.9 Å². The van der Waals surface area contributed by atoms with Crippen molar-refractivity contribution in [2.45, 2.75) is 23.8 Å². The summed E-state index contributed by atoms with van der Waals surface area (Å²) in [6.07, 6.45) is 0. The summed E-state index contributed by atoms with van der Waals surface area (Å²) in [5.41, 5.74) is 2.33. The second kappa shape index (κ2) is 11.7. The van der Waals surface area contributed by atoms with Gasteiger partial charge in [0.2, 0.25) is 20.8 Å². The molecule has 14 heteroatoms. The number of aryl methyl sites for hydroxylation is 2. The smallest absolute Gasteiger partial charge is 0.281 e. The van der Waals surface area contributed by atoms with E-state index in [0.29, 0.717) is 68.8 Å². The zero-order valence-electron chi connectivity index (χ0n) is 24.4. The lowest BCUT2D eigenvalue weighted by atomic mass is 10.2. The monoisotopic (exact) mass is 608 g/mol. The molecule has 2 N–H and O–H groups in total. The molecule has 2 aliphatic heterocycles. The van der Waals surface area contributed by atoms with Crippen LogP contribution in [0.15, 0.2) is 51.1 Å². The Morgan fingerprint density at radius 3 is 2.37 bits per heavy atom. The Hall–Kier alpha value is -3.85. The number of piperazine rings is 2. The lowest BCUT2D eigenvalue weighted by molar-refractivity contribution is -0.134. The number of anilines is 1. The molecule has 4 heterocycles. The van der Waals surface area contributed by atoms with Crippen molar-refractivity contribution in [1.82, 2.24) is 34.5 Å². The van der Waals surface area contributed by atoms with Crippen LogP contribution in [-0.4, -0.2) is 126 Å². The number of carbonyl (C=O) groups excluding carboxylic acids is 1. The molecule has 6 rings (SSSR count). The summed E-state index contributed by atoms with van der Waals surface area (Å²) in [5.74, 6) is 0.128. The van der Waals surface area contributed by atoms with Gasteiger partial charge in [-0.1, -0.05) is 17.7 Å². The maximum absolute atomic E-state index is 13.6. The molecule has 228 valence electrons. The van der Waals surface area contributed by atoms with E-state index in [2.05, 4.69) is 30.0 Å². The Labute approximate surface area is 249 Å². The number of aromatic amines is 1. The fourth-order valence-corrected chi connectivity index (χ4v) is 7.47. The predicted octanol–water partition coefficient (Wildman–Crippen LogP) is 0.279. The molecule has 0 saturated carbocycles. The molecular formula is C29H36N8O5S. The highest BCUT2D eigenvalue weighted by molar-refractivity contribution is 7.91. The lowest BCUT2D eigenvalue weighted by Crippen LogP contribution is -2.54. The Bertz CT molecular complexity index is 1840. The van der Waals surface area contributed by atoms with E-state index in [1.54, 1.807) is 31.2 Å². The van der Waals surface area contributed by atoms with Gasteiger partial charge in [0.1, 0.15) is 0 Å². The van der Waals surface area contributed by atoms with E-state index >= 15 is 0 Å². The Balaban J connectivity index is 1.19. The Kier molecular flexibility index (Phi) is 7.94. The number of aliphatic hydroxyl groups is 1. The first-order valence-electron chi connectivity index (χ1n) is 14.5. The summed E-state index contributed by atoms with van der Waals surface area (Å²) in [4.78, 5) is 38.5. The highest BCUT2D eigenvalue weighted by atomic mass is 32.2. The lowest BCUT2D eigenvalue weighted by Gasteiger charge is -2.38. The zero-order valence-corrected chi connectivity index (χ0v) is 25.2. The highest BCUT2D eigenvalue weighted by Gasteiger charge is 2.29. The third kappa shape index (κ3) is 5.62. The summed E-state index contributed by atoms with van der Waals surface area (Å²) in [6.45, 7) is 10.5. The van der Waals surface area contributed by atoms with Gasteiger partial charge in [0.25, 0.3) is 5.56 Å². The van der Waals surface area contributed by atoms with Gasteiger partial charge in [-0.25, -0.2) is 18.1 Å². The van der Waals surface area contributed by atoms with E-state index in [1.165, 1.54) is 4.52 Å². The van der Waals surface area contributed by atoms with Crippen molar-refractivity contribution < 1.29 is 18.3 Å². The fraction of sp³-hybridized carbons (Fsp3) is 0.448. The topological polar surface area (TPSA) is 147 Å². The maximum Gasteiger partial charge on any atom is 0.281 e. The standard InChI is InChI=1S/C29H36N8O5S/c1-20-3-6-25(21(2)17-20)43(41,42)29-27-30-28(40)23-5-4-22(18-24(23)37(27)32-31-29)35-11-9-34(10-12-35)19-26(39)36-13-7-33(8-14-36)15-16-38/h3-6,17-18,32,38H,7-16,19H2,1-2H3. The summed E-state index contributed by atoms with van der Waals surface area (Å²) < 4.78 is 28.6. The normalized spacial score (nSPS) is 17.3. The molecule has 2 aromatic carbocycles. The van der Waals surface area contributed by atoms with Crippen LogP contribution < -0.4 is 10.5 Å². The van der Waals surface area contributed by atoms with Crippen LogP contribution in [-0.2, 0) is 14.6 Å². The summed E-state index contributed by atoms with van der Waals surface area (Å²) >= 11 is 0. The quantitative estimate of drug-likeness (QED) is 0.300. The van der Waals surface area contributed by atoms with Crippen LogP contribution in [0, 0.1) is 13.8 Å². The van der Waals surface area contributed by atoms with Crippen LogP contribution in [0.2, 0.25) is 0 Å². The molecular weight excluding hydrogens is 572 g/mol. The van der Waals surface area contributed by atoms with Crippen LogP contribution >= 0.6 is 0 Å². The molecule has 2 saturated heterocycles. The van der Waals surface area contributed by atoms with Crippen LogP contribution in [0.25, 0.3) is 16.6 Å². The third-order valence-corrected chi connectivity index (χ3v) is 10.2. The summed E-state index contributed by atoms with van der Waals surface area (Å²) in [6, 6.07) is 10.5. The van der Waals surface area contributed by atoms with Crippen molar-refractivity contribution in [3.63, 3.8) is 0 Å². The molecule has 0 aliphatic carbocycles. The molecule has 0 spiro atoms. The first kappa shape index (κ1) is 29.2. The number of sulfone groups is 1.